The Labute approximate surface area is 117 Å². The second-order valence-corrected chi connectivity index (χ2v) is 5.39. The largest absolute Gasteiger partial charge is 0.492 e. The summed E-state index contributed by atoms with van der Waals surface area (Å²) in [6.45, 7) is 4.61. The van der Waals surface area contributed by atoms with Crippen molar-refractivity contribution in [3.63, 3.8) is 0 Å². The fourth-order valence-corrected chi connectivity index (χ4v) is 2.72. The number of hydrogen-bond donors (Lipinski definition) is 1. The lowest BCUT2D eigenvalue weighted by molar-refractivity contribution is 0.317. The molecule has 98 valence electrons. The quantitative estimate of drug-likeness (QED) is 0.900. The summed E-state index contributed by atoms with van der Waals surface area (Å²) < 4.78 is 5.54. The highest BCUT2D eigenvalue weighted by Crippen LogP contribution is 2.27. The fraction of sp³-hybridized carbons (Fsp3) is 0.462. The molecule has 1 heterocycles. The third-order valence-electron chi connectivity index (χ3n) is 2.48. The number of amidine groups is 1. The van der Waals surface area contributed by atoms with E-state index in [1.165, 1.54) is 5.56 Å². The second kappa shape index (κ2) is 6.90. The Kier molecular flexibility index (Phi) is 5.20. The minimum absolute atomic E-state index is 0.683. The summed E-state index contributed by atoms with van der Waals surface area (Å²) in [5.74, 6) is 1.64. The minimum atomic E-state index is 0.683. The van der Waals surface area contributed by atoms with Gasteiger partial charge in [0.1, 0.15) is 5.75 Å². The summed E-state index contributed by atoms with van der Waals surface area (Å²) in [5, 5.41) is 4.94. The van der Waals surface area contributed by atoms with Crippen LogP contribution >= 0.6 is 23.4 Å². The number of ether oxygens (including phenoxy) is 1. The van der Waals surface area contributed by atoms with Gasteiger partial charge in [-0.2, -0.15) is 0 Å². The molecule has 0 saturated heterocycles. The van der Waals surface area contributed by atoms with E-state index < -0.39 is 0 Å². The van der Waals surface area contributed by atoms with Crippen LogP contribution in [0, 0.1) is 0 Å². The molecule has 0 aromatic heterocycles. The van der Waals surface area contributed by atoms with Crippen LogP contribution in [0.15, 0.2) is 23.2 Å². The Morgan fingerprint density at radius 3 is 3.06 bits per heavy atom. The molecule has 0 amide bonds. The Balaban J connectivity index is 1.91. The van der Waals surface area contributed by atoms with E-state index in [1.54, 1.807) is 11.8 Å². The molecule has 1 aliphatic rings. The molecule has 0 radical (unpaired) electrons. The van der Waals surface area contributed by atoms with E-state index in [-0.39, 0.29) is 0 Å². The van der Waals surface area contributed by atoms with Gasteiger partial charge in [0.2, 0.25) is 0 Å². The molecular weight excluding hydrogens is 268 g/mol. The van der Waals surface area contributed by atoms with Crippen molar-refractivity contribution < 1.29 is 4.74 Å². The van der Waals surface area contributed by atoms with Crippen molar-refractivity contribution in [2.75, 3.05) is 19.7 Å². The highest BCUT2D eigenvalue weighted by atomic mass is 35.5. The van der Waals surface area contributed by atoms with Crippen LogP contribution in [0.3, 0.4) is 0 Å². The maximum atomic E-state index is 6.18. The monoisotopic (exact) mass is 284 g/mol. The Morgan fingerprint density at radius 2 is 2.39 bits per heavy atom. The van der Waals surface area contributed by atoms with Crippen LogP contribution in [0.2, 0.25) is 5.02 Å². The number of nitrogens with one attached hydrogen (secondary N) is 1. The summed E-state index contributed by atoms with van der Waals surface area (Å²) >= 11 is 7.89. The van der Waals surface area contributed by atoms with Crippen molar-refractivity contribution in [2.45, 2.75) is 19.1 Å². The Hall–Kier alpha value is -0.870. The average molecular weight is 285 g/mol. The summed E-state index contributed by atoms with van der Waals surface area (Å²) in [6.07, 6.45) is 0.986. The first-order valence-corrected chi connectivity index (χ1v) is 7.48. The average Bonchev–Trinajstić information content (AvgIpc) is 2.88. The molecule has 0 aliphatic carbocycles. The number of rotatable bonds is 5. The number of nitrogens with zero attached hydrogens (tertiary/aromatic N) is 1. The van der Waals surface area contributed by atoms with Gasteiger partial charge in [0.25, 0.3) is 0 Å². The van der Waals surface area contributed by atoms with Crippen LogP contribution in [0.4, 0.5) is 0 Å². The zero-order valence-electron chi connectivity index (χ0n) is 10.4. The number of benzene rings is 1. The first kappa shape index (κ1) is 13.6. The maximum Gasteiger partial charge on any atom is 0.157 e. The lowest BCUT2D eigenvalue weighted by Crippen LogP contribution is -2.14. The Bertz CT molecular complexity index is 437. The normalized spacial score (nSPS) is 14.2. The molecule has 0 spiro atoms. The first-order valence-electron chi connectivity index (χ1n) is 6.12. The van der Waals surface area contributed by atoms with Gasteiger partial charge in [-0.25, -0.2) is 0 Å². The van der Waals surface area contributed by atoms with E-state index in [0.717, 1.165) is 36.2 Å². The van der Waals surface area contributed by atoms with Gasteiger partial charge in [-0.1, -0.05) is 36.4 Å². The second-order valence-electron chi connectivity index (χ2n) is 4.02. The lowest BCUT2D eigenvalue weighted by Gasteiger charge is -2.08. The minimum Gasteiger partial charge on any atom is -0.492 e. The molecule has 1 aromatic rings. The van der Waals surface area contributed by atoms with Crippen molar-refractivity contribution in [1.82, 2.24) is 5.32 Å². The van der Waals surface area contributed by atoms with Crippen LogP contribution in [-0.2, 0) is 5.75 Å². The van der Waals surface area contributed by atoms with E-state index in [0.29, 0.717) is 11.6 Å². The van der Waals surface area contributed by atoms with E-state index in [2.05, 4.69) is 23.3 Å². The lowest BCUT2D eigenvalue weighted by atomic mass is 10.2. The predicted molar refractivity (Wildman–Crippen MR) is 78.8 cm³/mol. The SMILES string of the molecule is CCCOc1ccc(CSC2=NCCN2)cc1Cl. The number of hydrogen-bond acceptors (Lipinski definition) is 4. The van der Waals surface area contributed by atoms with Crippen LogP contribution in [0.25, 0.3) is 0 Å². The number of aliphatic imine (C=N–C) groups is 1. The Morgan fingerprint density at radius 1 is 1.50 bits per heavy atom. The van der Waals surface area contributed by atoms with Gasteiger partial charge in [0, 0.05) is 12.3 Å². The standard InChI is InChI=1S/C13H17ClN2OS/c1-2-7-17-12-4-3-10(8-11(12)14)9-18-13-15-5-6-16-13/h3-4,8H,2,5-7,9H2,1H3,(H,15,16). The molecule has 0 atom stereocenters. The van der Waals surface area contributed by atoms with Gasteiger partial charge in [-0.15, -0.1) is 0 Å². The van der Waals surface area contributed by atoms with Crippen molar-refractivity contribution in [3.05, 3.63) is 28.8 Å². The molecular formula is C13H17ClN2OS. The fourth-order valence-electron chi connectivity index (χ4n) is 1.59. The molecule has 0 unspecified atom stereocenters. The van der Waals surface area contributed by atoms with E-state index in [9.17, 15) is 0 Å². The van der Waals surface area contributed by atoms with Crippen molar-refractivity contribution in [1.29, 1.82) is 0 Å². The maximum absolute atomic E-state index is 6.18. The number of halogens is 1. The van der Waals surface area contributed by atoms with Crippen molar-refractivity contribution in [2.24, 2.45) is 4.99 Å². The highest BCUT2D eigenvalue weighted by Gasteiger charge is 2.07. The molecule has 2 rings (SSSR count). The van der Waals surface area contributed by atoms with Crippen molar-refractivity contribution >= 4 is 28.5 Å². The van der Waals surface area contributed by atoms with Gasteiger partial charge in [-0.05, 0) is 24.1 Å². The molecule has 0 saturated carbocycles. The van der Waals surface area contributed by atoms with Crippen LogP contribution in [-0.4, -0.2) is 24.9 Å². The van der Waals surface area contributed by atoms with Gasteiger partial charge in [0.05, 0.1) is 18.2 Å². The molecule has 0 bridgehead atoms. The molecule has 18 heavy (non-hydrogen) atoms. The van der Waals surface area contributed by atoms with Crippen LogP contribution < -0.4 is 10.1 Å². The molecule has 3 nitrogen and oxygen atoms in total. The van der Waals surface area contributed by atoms with E-state index in [1.807, 2.05) is 12.1 Å². The zero-order valence-corrected chi connectivity index (χ0v) is 12.0. The van der Waals surface area contributed by atoms with Gasteiger partial charge >= 0.3 is 0 Å². The predicted octanol–water partition coefficient (Wildman–Crippen LogP) is 3.32. The molecule has 1 aromatic carbocycles. The van der Waals surface area contributed by atoms with E-state index >= 15 is 0 Å². The van der Waals surface area contributed by atoms with Crippen LogP contribution in [0.1, 0.15) is 18.9 Å². The van der Waals surface area contributed by atoms with Gasteiger partial charge in [0.15, 0.2) is 5.17 Å². The molecule has 1 aliphatic heterocycles. The topological polar surface area (TPSA) is 33.6 Å². The van der Waals surface area contributed by atoms with Gasteiger partial charge in [-0.3, -0.25) is 4.99 Å². The van der Waals surface area contributed by atoms with E-state index in [4.69, 9.17) is 16.3 Å². The highest BCUT2D eigenvalue weighted by molar-refractivity contribution is 8.13. The molecule has 5 heteroatoms. The summed E-state index contributed by atoms with van der Waals surface area (Å²) in [6, 6.07) is 5.96. The third-order valence-corrected chi connectivity index (χ3v) is 3.80. The first-order chi connectivity index (χ1) is 8.79. The summed E-state index contributed by atoms with van der Waals surface area (Å²) in [4.78, 5) is 4.34. The summed E-state index contributed by atoms with van der Waals surface area (Å²) in [5.41, 5.74) is 1.19. The van der Waals surface area contributed by atoms with Crippen molar-refractivity contribution in [3.8, 4) is 5.75 Å². The molecule has 0 fully saturated rings. The molecule has 1 N–H and O–H groups in total. The third kappa shape index (κ3) is 3.82. The zero-order chi connectivity index (χ0) is 12.8. The number of thioether (sulfide) groups is 1. The summed E-state index contributed by atoms with van der Waals surface area (Å²) in [7, 11) is 0. The smallest absolute Gasteiger partial charge is 0.157 e. The van der Waals surface area contributed by atoms with Crippen LogP contribution in [0.5, 0.6) is 5.75 Å². The van der Waals surface area contributed by atoms with Gasteiger partial charge < -0.3 is 10.1 Å².